The lowest BCUT2D eigenvalue weighted by Crippen LogP contribution is -2.51. The Kier molecular flexibility index (Phi) is 5.32. The maximum Gasteiger partial charge on any atom is 0.245 e. The Hall–Kier alpha value is -1.02. The minimum Gasteiger partial charge on any atom is -0.325 e. The Labute approximate surface area is 127 Å². The van der Waals surface area contributed by atoms with Gasteiger partial charge in [0.15, 0.2) is 0 Å². The van der Waals surface area contributed by atoms with Gasteiger partial charge in [-0.05, 0) is 25.5 Å². The zero-order valence-electron chi connectivity index (χ0n) is 12.7. The van der Waals surface area contributed by atoms with Crippen molar-refractivity contribution in [2.45, 2.75) is 37.8 Å². The van der Waals surface area contributed by atoms with Crippen molar-refractivity contribution in [3.63, 3.8) is 0 Å². The summed E-state index contributed by atoms with van der Waals surface area (Å²) in [6.07, 6.45) is 2.65. The highest BCUT2D eigenvalue weighted by Crippen LogP contribution is 2.20. The summed E-state index contributed by atoms with van der Waals surface area (Å²) in [7, 11) is -3.50. The molecule has 1 aromatic heterocycles. The number of nitrogens with zero attached hydrogens (tertiary/aromatic N) is 3. The van der Waals surface area contributed by atoms with E-state index >= 15 is 0 Å². The van der Waals surface area contributed by atoms with Crippen LogP contribution in [0.5, 0.6) is 0 Å². The van der Waals surface area contributed by atoms with Crippen LogP contribution in [0.25, 0.3) is 0 Å². The van der Waals surface area contributed by atoms with Crippen LogP contribution >= 0.6 is 0 Å². The second kappa shape index (κ2) is 6.83. The van der Waals surface area contributed by atoms with Crippen LogP contribution in [0, 0.1) is 0 Å². The topological polar surface area (TPSA) is 79.5 Å². The molecule has 1 unspecified atom stereocenters. The van der Waals surface area contributed by atoms with Crippen molar-refractivity contribution in [3.8, 4) is 0 Å². The molecule has 0 radical (unpaired) electrons. The van der Waals surface area contributed by atoms with Crippen molar-refractivity contribution in [3.05, 3.63) is 24.0 Å². The van der Waals surface area contributed by atoms with E-state index in [2.05, 4.69) is 23.7 Å². The normalized spacial score (nSPS) is 19.6. The molecule has 1 atom stereocenters. The molecule has 2 rings (SSSR count). The number of rotatable bonds is 5. The first-order valence-corrected chi connectivity index (χ1v) is 8.82. The van der Waals surface area contributed by atoms with Crippen molar-refractivity contribution in [2.24, 2.45) is 5.73 Å². The van der Waals surface area contributed by atoms with Gasteiger partial charge in [-0.2, -0.15) is 4.31 Å². The monoisotopic (exact) mass is 312 g/mol. The van der Waals surface area contributed by atoms with Gasteiger partial charge in [-0.1, -0.05) is 6.92 Å². The highest BCUT2D eigenvalue weighted by molar-refractivity contribution is 7.89. The van der Waals surface area contributed by atoms with Gasteiger partial charge in [-0.25, -0.2) is 8.42 Å². The molecule has 1 fully saturated rings. The van der Waals surface area contributed by atoms with Crippen molar-refractivity contribution in [2.75, 3.05) is 26.2 Å². The number of aromatic nitrogens is 1. The summed E-state index contributed by atoms with van der Waals surface area (Å²) in [6.45, 7) is 7.03. The zero-order valence-corrected chi connectivity index (χ0v) is 13.5. The summed E-state index contributed by atoms with van der Waals surface area (Å²) in [4.78, 5) is 6.65. The van der Waals surface area contributed by atoms with Crippen LogP contribution in [0.2, 0.25) is 0 Å². The van der Waals surface area contributed by atoms with Crippen LogP contribution in [0.1, 0.15) is 26.0 Å². The Bertz CT molecular complexity index is 568. The van der Waals surface area contributed by atoms with E-state index in [1.807, 2.05) is 0 Å². The number of hydrogen-bond donors (Lipinski definition) is 1. The minimum absolute atomic E-state index is 0.127. The molecule has 21 heavy (non-hydrogen) atoms. The highest BCUT2D eigenvalue weighted by Gasteiger charge is 2.31. The SMILES string of the molecule is CCC(C)N1CCN(S(=O)(=O)c2cccnc2CN)CC1. The van der Waals surface area contributed by atoms with Crippen LogP contribution in [-0.4, -0.2) is 54.8 Å². The molecule has 0 aliphatic carbocycles. The van der Waals surface area contributed by atoms with E-state index in [0.29, 0.717) is 24.8 Å². The van der Waals surface area contributed by atoms with Crippen LogP contribution in [-0.2, 0) is 16.6 Å². The van der Waals surface area contributed by atoms with Crippen molar-refractivity contribution >= 4 is 10.0 Å². The average Bonchev–Trinajstić information content (AvgIpc) is 2.54. The maximum atomic E-state index is 12.7. The molecule has 0 aromatic carbocycles. The maximum absolute atomic E-state index is 12.7. The molecule has 0 spiro atoms. The van der Waals surface area contributed by atoms with Gasteiger partial charge in [-0.3, -0.25) is 9.88 Å². The first kappa shape index (κ1) is 16.4. The highest BCUT2D eigenvalue weighted by atomic mass is 32.2. The van der Waals surface area contributed by atoms with E-state index in [4.69, 9.17) is 5.73 Å². The standard InChI is InChI=1S/C14H24N4O2S/c1-3-12(2)17-7-9-18(10-8-17)21(19,20)14-5-4-6-16-13(14)11-15/h4-6,12H,3,7-11,15H2,1-2H3. The van der Waals surface area contributed by atoms with E-state index in [1.165, 1.54) is 0 Å². The van der Waals surface area contributed by atoms with Gasteiger partial charge in [0.25, 0.3) is 0 Å². The smallest absolute Gasteiger partial charge is 0.245 e. The molecule has 2 heterocycles. The summed E-state index contributed by atoms with van der Waals surface area (Å²) in [5, 5.41) is 0. The molecule has 6 nitrogen and oxygen atoms in total. The number of pyridine rings is 1. The largest absolute Gasteiger partial charge is 0.325 e. The van der Waals surface area contributed by atoms with Gasteiger partial charge in [0, 0.05) is 45.0 Å². The zero-order chi connectivity index (χ0) is 15.5. The quantitative estimate of drug-likeness (QED) is 0.863. The molecular weight excluding hydrogens is 288 g/mol. The van der Waals surface area contributed by atoms with Crippen LogP contribution in [0.4, 0.5) is 0 Å². The second-order valence-corrected chi connectivity index (χ2v) is 7.26. The fraction of sp³-hybridized carbons (Fsp3) is 0.643. The van der Waals surface area contributed by atoms with Crippen LogP contribution in [0.3, 0.4) is 0 Å². The second-order valence-electron chi connectivity index (χ2n) is 5.35. The lowest BCUT2D eigenvalue weighted by Gasteiger charge is -2.37. The molecular formula is C14H24N4O2S. The van der Waals surface area contributed by atoms with Crippen LogP contribution < -0.4 is 5.73 Å². The molecule has 0 amide bonds. The van der Waals surface area contributed by atoms with E-state index in [1.54, 1.807) is 22.6 Å². The predicted molar refractivity (Wildman–Crippen MR) is 82.2 cm³/mol. The van der Waals surface area contributed by atoms with E-state index < -0.39 is 10.0 Å². The third kappa shape index (κ3) is 3.42. The molecule has 1 saturated heterocycles. The van der Waals surface area contributed by atoms with Crippen molar-refractivity contribution in [1.29, 1.82) is 0 Å². The number of piperazine rings is 1. The van der Waals surface area contributed by atoms with Gasteiger partial charge in [0.05, 0.1) is 5.69 Å². The van der Waals surface area contributed by atoms with Crippen molar-refractivity contribution in [1.82, 2.24) is 14.2 Å². The summed E-state index contributed by atoms with van der Waals surface area (Å²) in [5.41, 5.74) is 6.04. The predicted octanol–water partition coefficient (Wildman–Crippen LogP) is 0.645. The fourth-order valence-electron chi connectivity index (χ4n) is 2.59. The van der Waals surface area contributed by atoms with E-state index in [0.717, 1.165) is 19.5 Å². The minimum atomic E-state index is -3.50. The molecule has 7 heteroatoms. The molecule has 0 bridgehead atoms. The lowest BCUT2D eigenvalue weighted by atomic mass is 10.2. The average molecular weight is 312 g/mol. The number of sulfonamides is 1. The van der Waals surface area contributed by atoms with Crippen LogP contribution in [0.15, 0.2) is 23.2 Å². The summed E-state index contributed by atoms with van der Waals surface area (Å²) in [6, 6.07) is 3.72. The summed E-state index contributed by atoms with van der Waals surface area (Å²) >= 11 is 0. The van der Waals surface area contributed by atoms with Crippen molar-refractivity contribution < 1.29 is 8.42 Å². The van der Waals surface area contributed by atoms with Gasteiger partial charge in [0.2, 0.25) is 10.0 Å². The third-order valence-corrected chi connectivity index (χ3v) is 6.12. The van der Waals surface area contributed by atoms with E-state index in [9.17, 15) is 8.42 Å². The first-order chi connectivity index (χ1) is 10.0. The molecule has 1 aliphatic heterocycles. The Morgan fingerprint density at radius 3 is 2.57 bits per heavy atom. The van der Waals surface area contributed by atoms with Gasteiger partial charge < -0.3 is 5.73 Å². The van der Waals surface area contributed by atoms with E-state index in [-0.39, 0.29) is 11.4 Å². The first-order valence-electron chi connectivity index (χ1n) is 7.38. The lowest BCUT2D eigenvalue weighted by molar-refractivity contribution is 0.142. The molecule has 0 saturated carbocycles. The van der Waals surface area contributed by atoms with Gasteiger partial charge in [0.1, 0.15) is 4.90 Å². The Morgan fingerprint density at radius 2 is 2.00 bits per heavy atom. The van der Waals surface area contributed by atoms with Gasteiger partial charge in [-0.15, -0.1) is 0 Å². The fourth-order valence-corrected chi connectivity index (χ4v) is 4.20. The third-order valence-electron chi connectivity index (χ3n) is 4.15. The summed E-state index contributed by atoms with van der Waals surface area (Å²) in [5.74, 6) is 0. The molecule has 118 valence electrons. The molecule has 1 aliphatic rings. The summed E-state index contributed by atoms with van der Waals surface area (Å²) < 4.78 is 27.0. The molecule has 2 N–H and O–H groups in total. The Balaban J connectivity index is 2.15. The van der Waals surface area contributed by atoms with Gasteiger partial charge >= 0.3 is 0 Å². The molecule has 1 aromatic rings. The Morgan fingerprint density at radius 1 is 1.33 bits per heavy atom. The number of hydrogen-bond acceptors (Lipinski definition) is 5. The number of nitrogens with two attached hydrogens (primary N) is 1.